The van der Waals surface area contributed by atoms with Gasteiger partial charge in [0.2, 0.25) is 5.91 Å². The summed E-state index contributed by atoms with van der Waals surface area (Å²) in [5.41, 5.74) is 0.436. The number of piperidine rings is 1. The van der Waals surface area contributed by atoms with Gasteiger partial charge in [-0.3, -0.25) is 9.78 Å². The Morgan fingerprint density at radius 3 is 2.37 bits per heavy atom. The van der Waals surface area contributed by atoms with Crippen molar-refractivity contribution in [3.8, 4) is 0 Å². The molecule has 1 atom stereocenters. The molecule has 6 nitrogen and oxygen atoms in total. The highest BCUT2D eigenvalue weighted by atomic mass is 19.4. The van der Waals surface area contributed by atoms with Gasteiger partial charge in [-0.1, -0.05) is 6.07 Å². The first-order valence-corrected chi connectivity index (χ1v) is 9.18. The summed E-state index contributed by atoms with van der Waals surface area (Å²) in [6.45, 7) is 0.148. The van der Waals surface area contributed by atoms with E-state index in [4.69, 9.17) is 0 Å². The third kappa shape index (κ3) is 4.96. The molecule has 0 bridgehead atoms. The monoisotopic (exact) mass is 439 g/mol. The van der Waals surface area contributed by atoms with Crippen LogP contribution in [0, 0.1) is 11.3 Å². The van der Waals surface area contributed by atoms with E-state index in [0.717, 1.165) is 10.5 Å². The number of alkyl halides is 6. The van der Waals surface area contributed by atoms with Crippen molar-refractivity contribution in [1.82, 2.24) is 15.2 Å². The average molecular weight is 439 g/mol. The van der Waals surface area contributed by atoms with Gasteiger partial charge in [-0.05, 0) is 36.3 Å². The first-order chi connectivity index (χ1) is 13.9. The number of rotatable bonds is 4. The molecule has 1 saturated heterocycles. The van der Waals surface area contributed by atoms with E-state index in [1.54, 1.807) is 24.5 Å². The Hall–Kier alpha value is -2.53. The second-order valence-corrected chi connectivity index (χ2v) is 7.53. The Morgan fingerprint density at radius 2 is 1.83 bits per heavy atom. The van der Waals surface area contributed by atoms with Gasteiger partial charge in [0.15, 0.2) is 0 Å². The Kier molecular flexibility index (Phi) is 5.87. The third-order valence-corrected chi connectivity index (χ3v) is 5.53. The van der Waals surface area contributed by atoms with Crippen LogP contribution in [-0.2, 0) is 16.1 Å². The number of nitrogens with zero attached hydrogens (tertiary/aromatic N) is 2. The summed E-state index contributed by atoms with van der Waals surface area (Å²) in [5, 5.41) is 2.79. The van der Waals surface area contributed by atoms with E-state index in [-0.39, 0.29) is 30.3 Å². The van der Waals surface area contributed by atoms with E-state index in [1.165, 1.54) is 0 Å². The zero-order valence-electron chi connectivity index (χ0n) is 15.6. The third-order valence-electron chi connectivity index (χ3n) is 5.53. The highest BCUT2D eigenvalue weighted by molar-refractivity contribution is 5.82. The standard InChI is InChI=1S/C18H19F6N3O3/c19-17(20,21)14(18(22,23)24)30-15(29)27-6-3-16(4-7-27)8-12(16)13(28)26-10-11-2-1-5-25-9-11/h1-2,5,9,12,14H,3-4,6-8,10H2,(H,26,28). The number of ether oxygens (including phenoxy) is 1. The fourth-order valence-corrected chi connectivity index (χ4v) is 3.72. The molecule has 2 aliphatic rings. The molecule has 12 heteroatoms. The van der Waals surface area contributed by atoms with Crippen LogP contribution in [0.15, 0.2) is 24.5 Å². The molecule has 1 aromatic heterocycles. The van der Waals surface area contributed by atoms with Crippen molar-refractivity contribution in [3.05, 3.63) is 30.1 Å². The van der Waals surface area contributed by atoms with Crippen molar-refractivity contribution in [1.29, 1.82) is 0 Å². The van der Waals surface area contributed by atoms with Crippen molar-refractivity contribution < 1.29 is 40.7 Å². The van der Waals surface area contributed by atoms with Gasteiger partial charge >= 0.3 is 18.4 Å². The zero-order valence-corrected chi connectivity index (χ0v) is 15.6. The van der Waals surface area contributed by atoms with Gasteiger partial charge in [0, 0.05) is 37.9 Å². The van der Waals surface area contributed by atoms with Gasteiger partial charge in [-0.2, -0.15) is 26.3 Å². The SMILES string of the molecule is O=C(NCc1cccnc1)C1CC12CCN(C(=O)OC(C(F)(F)F)C(F)(F)F)CC2. The van der Waals surface area contributed by atoms with E-state index in [1.807, 2.05) is 0 Å². The number of hydrogen-bond donors (Lipinski definition) is 1. The summed E-state index contributed by atoms with van der Waals surface area (Å²) in [4.78, 5) is 28.9. The minimum atomic E-state index is -5.75. The average Bonchev–Trinajstić information content (AvgIpc) is 3.37. The molecular weight excluding hydrogens is 420 g/mol. The van der Waals surface area contributed by atoms with Crippen LogP contribution < -0.4 is 5.32 Å². The number of carbonyl (C=O) groups is 2. The molecule has 3 rings (SSSR count). The number of likely N-dealkylation sites (tertiary alicyclic amines) is 1. The number of hydrogen-bond acceptors (Lipinski definition) is 4. The lowest BCUT2D eigenvalue weighted by Crippen LogP contribution is -2.49. The lowest BCUT2D eigenvalue weighted by molar-refractivity contribution is -0.308. The van der Waals surface area contributed by atoms with Crippen molar-refractivity contribution in [2.45, 2.75) is 44.3 Å². The maximum Gasteiger partial charge on any atom is 0.434 e. The van der Waals surface area contributed by atoms with Crippen molar-refractivity contribution in [2.24, 2.45) is 11.3 Å². The molecule has 30 heavy (non-hydrogen) atoms. The second kappa shape index (κ2) is 7.95. The zero-order chi connectivity index (χ0) is 22.2. The van der Waals surface area contributed by atoms with Crippen LogP contribution in [0.5, 0.6) is 0 Å². The van der Waals surface area contributed by atoms with Gasteiger partial charge in [-0.25, -0.2) is 4.79 Å². The molecule has 1 N–H and O–H groups in total. The Bertz CT molecular complexity index is 762. The van der Waals surface area contributed by atoms with E-state index >= 15 is 0 Å². The molecule has 1 aromatic rings. The number of pyridine rings is 1. The lowest BCUT2D eigenvalue weighted by atomic mass is 9.91. The van der Waals surface area contributed by atoms with Crippen LogP contribution in [-0.4, -0.2) is 53.4 Å². The van der Waals surface area contributed by atoms with Crippen LogP contribution in [0.25, 0.3) is 0 Å². The minimum absolute atomic E-state index is 0.0757. The van der Waals surface area contributed by atoms with Gasteiger partial charge in [0.25, 0.3) is 6.10 Å². The summed E-state index contributed by atoms with van der Waals surface area (Å²) < 4.78 is 79.0. The molecule has 2 amide bonds. The van der Waals surface area contributed by atoms with E-state index in [0.29, 0.717) is 25.8 Å². The first kappa shape index (κ1) is 22.2. The van der Waals surface area contributed by atoms with Crippen LogP contribution in [0.1, 0.15) is 24.8 Å². The van der Waals surface area contributed by atoms with E-state index in [2.05, 4.69) is 15.0 Å². The summed E-state index contributed by atoms with van der Waals surface area (Å²) in [7, 11) is 0. The van der Waals surface area contributed by atoms with Crippen LogP contribution in [0.4, 0.5) is 31.1 Å². The Balaban J connectivity index is 1.49. The molecular formula is C18H19F6N3O3. The molecule has 1 aliphatic carbocycles. The topological polar surface area (TPSA) is 71.5 Å². The fraction of sp³-hybridized carbons (Fsp3) is 0.611. The second-order valence-electron chi connectivity index (χ2n) is 7.53. The minimum Gasteiger partial charge on any atom is -0.426 e. The fourth-order valence-electron chi connectivity index (χ4n) is 3.72. The van der Waals surface area contributed by atoms with Gasteiger partial charge in [0.05, 0.1) is 0 Å². The summed E-state index contributed by atoms with van der Waals surface area (Å²) in [5.74, 6) is -0.477. The molecule has 0 radical (unpaired) electrons. The predicted octanol–water partition coefficient (Wildman–Crippen LogP) is 3.43. The molecule has 1 aliphatic heterocycles. The van der Waals surface area contributed by atoms with Gasteiger partial charge < -0.3 is 15.0 Å². The Morgan fingerprint density at radius 1 is 1.20 bits per heavy atom. The summed E-state index contributed by atoms with van der Waals surface area (Å²) >= 11 is 0. The van der Waals surface area contributed by atoms with Crippen LogP contribution in [0.3, 0.4) is 0 Å². The predicted molar refractivity (Wildman–Crippen MR) is 89.8 cm³/mol. The van der Waals surface area contributed by atoms with Crippen molar-refractivity contribution >= 4 is 12.0 Å². The lowest BCUT2D eigenvalue weighted by Gasteiger charge is -2.33. The number of halogens is 6. The highest BCUT2D eigenvalue weighted by Gasteiger charge is 2.61. The molecule has 2 fully saturated rings. The first-order valence-electron chi connectivity index (χ1n) is 9.18. The molecule has 166 valence electrons. The quantitative estimate of drug-likeness (QED) is 0.730. The van der Waals surface area contributed by atoms with Crippen molar-refractivity contribution in [3.63, 3.8) is 0 Å². The maximum atomic E-state index is 12.5. The number of nitrogens with one attached hydrogen (secondary N) is 1. The highest BCUT2D eigenvalue weighted by Crippen LogP contribution is 2.59. The van der Waals surface area contributed by atoms with Gasteiger partial charge in [-0.15, -0.1) is 0 Å². The largest absolute Gasteiger partial charge is 0.434 e. The van der Waals surface area contributed by atoms with E-state index in [9.17, 15) is 35.9 Å². The van der Waals surface area contributed by atoms with Crippen LogP contribution in [0.2, 0.25) is 0 Å². The Labute approximate surface area is 167 Å². The molecule has 1 unspecified atom stereocenters. The van der Waals surface area contributed by atoms with Crippen molar-refractivity contribution in [2.75, 3.05) is 13.1 Å². The smallest absolute Gasteiger partial charge is 0.426 e. The number of carbonyl (C=O) groups excluding carboxylic acids is 2. The summed E-state index contributed by atoms with van der Waals surface area (Å²) in [6.07, 6.45) is -13.0. The normalized spacial score (nSPS) is 20.9. The molecule has 1 saturated carbocycles. The van der Waals surface area contributed by atoms with Gasteiger partial charge in [0.1, 0.15) is 0 Å². The van der Waals surface area contributed by atoms with E-state index < -0.39 is 24.5 Å². The van der Waals surface area contributed by atoms with Crippen LogP contribution >= 0.6 is 0 Å². The maximum absolute atomic E-state index is 12.5. The summed E-state index contributed by atoms with van der Waals surface area (Å²) in [6, 6.07) is 3.53. The number of amides is 2. The molecule has 0 aromatic carbocycles. The molecule has 2 heterocycles. The number of aromatic nitrogens is 1. The molecule has 1 spiro atoms.